The van der Waals surface area contributed by atoms with E-state index in [9.17, 15) is 0 Å². The molecule has 0 amide bonds. The molecular formula is C9H11NS. The summed E-state index contributed by atoms with van der Waals surface area (Å²) < 4.78 is 2.01. The van der Waals surface area contributed by atoms with Crippen molar-refractivity contribution in [1.82, 2.24) is 0 Å². The van der Waals surface area contributed by atoms with Crippen LogP contribution in [-0.2, 0) is 6.42 Å². The van der Waals surface area contributed by atoms with Crippen molar-refractivity contribution < 1.29 is 0 Å². The summed E-state index contributed by atoms with van der Waals surface area (Å²) in [4.78, 5) is 0. The van der Waals surface area contributed by atoms with Crippen LogP contribution in [-0.4, -0.2) is 6.54 Å². The predicted molar refractivity (Wildman–Crippen MR) is 51.2 cm³/mol. The van der Waals surface area contributed by atoms with Gasteiger partial charge in [-0.3, -0.25) is 0 Å². The second-order valence-electron chi connectivity index (χ2n) is 3.01. The fraction of sp³-hybridized carbons (Fsp3) is 0.333. The highest BCUT2D eigenvalue weighted by molar-refractivity contribution is 7.81. The van der Waals surface area contributed by atoms with Gasteiger partial charge in [0.05, 0.1) is 0 Å². The lowest BCUT2D eigenvalue weighted by molar-refractivity contribution is 1.06. The molecule has 0 bridgehead atoms. The third-order valence-corrected chi connectivity index (χ3v) is 2.52. The van der Waals surface area contributed by atoms with Crippen LogP contribution < -0.4 is 4.31 Å². The van der Waals surface area contributed by atoms with Crippen molar-refractivity contribution in [2.45, 2.75) is 13.3 Å². The molecule has 0 saturated carbocycles. The van der Waals surface area contributed by atoms with Crippen LogP contribution in [0.2, 0.25) is 0 Å². The molecule has 1 heterocycles. The summed E-state index contributed by atoms with van der Waals surface area (Å²) in [6.07, 6.45) is 1.14. The maximum Gasteiger partial charge on any atom is 0.0500 e. The first-order chi connectivity index (χ1) is 5.27. The van der Waals surface area contributed by atoms with Gasteiger partial charge in [0, 0.05) is 12.2 Å². The molecule has 0 spiro atoms. The Balaban J connectivity index is 2.50. The van der Waals surface area contributed by atoms with Crippen molar-refractivity contribution >= 4 is 18.5 Å². The molecule has 0 unspecified atom stereocenters. The minimum atomic E-state index is 1.04. The smallest absolute Gasteiger partial charge is 0.0500 e. The van der Waals surface area contributed by atoms with E-state index in [-0.39, 0.29) is 0 Å². The summed E-state index contributed by atoms with van der Waals surface area (Å²) in [5.41, 5.74) is 4.05. The average Bonchev–Trinajstić information content (AvgIpc) is 2.32. The molecule has 0 fully saturated rings. The summed E-state index contributed by atoms with van der Waals surface area (Å²) in [7, 11) is 0. The number of nitrogens with zero attached hydrogens (tertiary/aromatic N) is 1. The quantitative estimate of drug-likeness (QED) is 0.577. The van der Waals surface area contributed by atoms with E-state index in [4.69, 9.17) is 0 Å². The molecule has 1 aromatic carbocycles. The van der Waals surface area contributed by atoms with Crippen LogP contribution in [0, 0.1) is 6.92 Å². The van der Waals surface area contributed by atoms with Gasteiger partial charge in [0.2, 0.25) is 0 Å². The van der Waals surface area contributed by atoms with Crippen LogP contribution in [0.1, 0.15) is 11.1 Å². The summed E-state index contributed by atoms with van der Waals surface area (Å²) in [5, 5.41) is 0. The average molecular weight is 165 g/mol. The van der Waals surface area contributed by atoms with Gasteiger partial charge >= 0.3 is 0 Å². The van der Waals surface area contributed by atoms with Crippen LogP contribution >= 0.6 is 12.8 Å². The number of aryl methyl sites for hydroxylation is 1. The molecular weight excluding hydrogens is 154 g/mol. The van der Waals surface area contributed by atoms with Crippen molar-refractivity contribution in [3.63, 3.8) is 0 Å². The molecule has 11 heavy (non-hydrogen) atoms. The third-order valence-electron chi connectivity index (χ3n) is 2.11. The van der Waals surface area contributed by atoms with Gasteiger partial charge in [0.25, 0.3) is 0 Å². The lowest BCUT2D eigenvalue weighted by Crippen LogP contribution is -2.04. The lowest BCUT2D eigenvalue weighted by atomic mass is 10.1. The van der Waals surface area contributed by atoms with E-state index in [1.807, 2.05) is 4.31 Å². The van der Waals surface area contributed by atoms with Gasteiger partial charge in [-0.1, -0.05) is 30.5 Å². The van der Waals surface area contributed by atoms with E-state index >= 15 is 0 Å². The number of anilines is 1. The molecule has 1 aliphatic rings. The summed E-state index contributed by atoms with van der Waals surface area (Å²) in [6.45, 7) is 3.17. The Morgan fingerprint density at radius 1 is 1.45 bits per heavy atom. The summed E-state index contributed by atoms with van der Waals surface area (Å²) >= 11 is 4.34. The topological polar surface area (TPSA) is 3.24 Å². The Morgan fingerprint density at radius 3 is 3.09 bits per heavy atom. The van der Waals surface area contributed by atoms with Crippen molar-refractivity contribution in [3.8, 4) is 0 Å². The molecule has 0 saturated heterocycles. The van der Waals surface area contributed by atoms with Gasteiger partial charge < -0.3 is 4.31 Å². The van der Waals surface area contributed by atoms with Gasteiger partial charge in [0.1, 0.15) is 0 Å². The second kappa shape index (κ2) is 2.45. The standard InChI is InChI=1S/C9H11NS/c1-7-2-3-9-8(6-7)4-5-10(9)11/h2-3,6,11H,4-5H2,1H3. The van der Waals surface area contributed by atoms with E-state index in [0.29, 0.717) is 0 Å². The molecule has 0 atom stereocenters. The highest BCUT2D eigenvalue weighted by Crippen LogP contribution is 2.29. The Kier molecular flexibility index (Phi) is 1.57. The first kappa shape index (κ1) is 7.04. The van der Waals surface area contributed by atoms with Gasteiger partial charge in [-0.25, -0.2) is 0 Å². The minimum absolute atomic E-state index is 1.04. The van der Waals surface area contributed by atoms with Crippen molar-refractivity contribution in [2.75, 3.05) is 10.8 Å². The zero-order valence-electron chi connectivity index (χ0n) is 6.54. The Bertz CT molecular complexity index is 283. The van der Waals surface area contributed by atoms with Crippen LogP contribution in [0.3, 0.4) is 0 Å². The third kappa shape index (κ3) is 1.11. The van der Waals surface area contributed by atoms with Crippen molar-refractivity contribution in [1.29, 1.82) is 0 Å². The molecule has 0 aliphatic carbocycles. The Morgan fingerprint density at radius 2 is 2.27 bits per heavy atom. The van der Waals surface area contributed by atoms with Crippen molar-refractivity contribution in [3.05, 3.63) is 29.3 Å². The zero-order chi connectivity index (χ0) is 7.84. The van der Waals surface area contributed by atoms with Crippen molar-refractivity contribution in [2.24, 2.45) is 0 Å². The molecule has 2 rings (SSSR count). The van der Waals surface area contributed by atoms with Gasteiger partial charge in [0.15, 0.2) is 0 Å². The van der Waals surface area contributed by atoms with E-state index in [1.54, 1.807) is 0 Å². The number of rotatable bonds is 0. The Labute approximate surface area is 72.6 Å². The second-order valence-corrected chi connectivity index (χ2v) is 3.49. The summed E-state index contributed by atoms with van der Waals surface area (Å²) in [5.74, 6) is 0. The SMILES string of the molecule is Cc1ccc2c(c1)CCN2S. The highest BCUT2D eigenvalue weighted by atomic mass is 32.1. The molecule has 0 aromatic heterocycles. The van der Waals surface area contributed by atoms with E-state index in [0.717, 1.165) is 13.0 Å². The molecule has 1 aliphatic heterocycles. The number of thiol groups is 1. The molecule has 0 N–H and O–H groups in total. The fourth-order valence-corrected chi connectivity index (χ4v) is 1.81. The first-order valence-electron chi connectivity index (χ1n) is 3.83. The molecule has 2 heteroatoms. The maximum atomic E-state index is 4.34. The minimum Gasteiger partial charge on any atom is -0.318 e. The molecule has 1 nitrogen and oxygen atoms in total. The monoisotopic (exact) mass is 165 g/mol. The first-order valence-corrected chi connectivity index (χ1v) is 4.23. The van der Waals surface area contributed by atoms with Gasteiger partial charge in [-0.15, -0.1) is 0 Å². The normalized spacial score (nSPS) is 15.3. The largest absolute Gasteiger partial charge is 0.318 e. The van der Waals surface area contributed by atoms with Gasteiger partial charge in [-0.05, 0) is 25.0 Å². The summed E-state index contributed by atoms with van der Waals surface area (Å²) in [6, 6.07) is 6.52. The van der Waals surface area contributed by atoms with Gasteiger partial charge in [-0.2, -0.15) is 0 Å². The number of hydrogen-bond acceptors (Lipinski definition) is 2. The van der Waals surface area contributed by atoms with Crippen LogP contribution in [0.15, 0.2) is 18.2 Å². The zero-order valence-corrected chi connectivity index (χ0v) is 7.44. The number of hydrogen-bond donors (Lipinski definition) is 1. The number of fused-ring (bicyclic) bond motifs is 1. The molecule has 1 aromatic rings. The predicted octanol–water partition coefficient (Wildman–Crippen LogP) is 2.20. The number of benzene rings is 1. The molecule has 58 valence electrons. The highest BCUT2D eigenvalue weighted by Gasteiger charge is 2.15. The van der Waals surface area contributed by atoms with E-state index < -0.39 is 0 Å². The fourth-order valence-electron chi connectivity index (χ4n) is 1.51. The van der Waals surface area contributed by atoms with E-state index in [2.05, 4.69) is 37.9 Å². The lowest BCUT2D eigenvalue weighted by Gasteiger charge is -2.09. The van der Waals surface area contributed by atoms with Crippen LogP contribution in [0.25, 0.3) is 0 Å². The van der Waals surface area contributed by atoms with Crippen LogP contribution in [0.5, 0.6) is 0 Å². The maximum absolute atomic E-state index is 4.34. The Hall–Kier alpha value is -0.630. The van der Waals surface area contributed by atoms with E-state index in [1.165, 1.54) is 16.8 Å². The molecule has 0 radical (unpaired) electrons. The van der Waals surface area contributed by atoms with Crippen LogP contribution in [0.4, 0.5) is 5.69 Å².